The summed E-state index contributed by atoms with van der Waals surface area (Å²) in [4.78, 5) is 16.2. The number of rotatable bonds is 10. The Morgan fingerprint density at radius 1 is 1.33 bits per heavy atom. The molecule has 1 unspecified atom stereocenters. The molecular weight excluding hydrogens is 368 g/mol. The van der Waals surface area contributed by atoms with Gasteiger partial charge in [0.1, 0.15) is 0 Å². The van der Waals surface area contributed by atoms with Crippen LogP contribution >= 0.6 is 11.6 Å². The lowest BCUT2D eigenvalue weighted by molar-refractivity contribution is -0.121. The number of carbonyl (C=O) groups is 1. The third-order valence-corrected chi connectivity index (χ3v) is 4.62. The van der Waals surface area contributed by atoms with Crippen LogP contribution < -0.4 is 5.32 Å². The Morgan fingerprint density at radius 2 is 2.19 bits per heavy atom. The smallest absolute Gasteiger partial charge is 0.220 e. The average molecular weight is 393 g/mol. The summed E-state index contributed by atoms with van der Waals surface area (Å²) in [5.74, 6) is 1.21. The first-order valence-corrected chi connectivity index (χ1v) is 9.75. The maximum Gasteiger partial charge on any atom is 0.220 e. The lowest BCUT2D eigenvalue weighted by atomic mass is 10.2. The van der Waals surface area contributed by atoms with Gasteiger partial charge in [0.15, 0.2) is 11.7 Å². The van der Waals surface area contributed by atoms with Crippen LogP contribution in [0.15, 0.2) is 34.9 Å². The van der Waals surface area contributed by atoms with Crippen molar-refractivity contribution in [1.29, 1.82) is 0 Å². The van der Waals surface area contributed by atoms with Gasteiger partial charge in [-0.1, -0.05) is 11.6 Å². The second kappa shape index (κ2) is 10.4. The van der Waals surface area contributed by atoms with Gasteiger partial charge in [0.2, 0.25) is 5.91 Å². The van der Waals surface area contributed by atoms with Crippen molar-refractivity contribution < 1.29 is 18.7 Å². The van der Waals surface area contributed by atoms with E-state index in [-0.39, 0.29) is 12.0 Å². The number of amides is 1. The Kier molecular flexibility index (Phi) is 7.68. The van der Waals surface area contributed by atoms with Gasteiger partial charge >= 0.3 is 0 Å². The topological polar surface area (TPSA) is 73.6 Å². The monoisotopic (exact) mass is 392 g/mol. The van der Waals surface area contributed by atoms with Crippen molar-refractivity contribution in [2.24, 2.45) is 0 Å². The van der Waals surface area contributed by atoms with Gasteiger partial charge in [-0.2, -0.15) is 0 Å². The molecule has 1 fully saturated rings. The van der Waals surface area contributed by atoms with Crippen molar-refractivity contribution in [3.05, 3.63) is 41.4 Å². The molecule has 2 heterocycles. The van der Waals surface area contributed by atoms with Gasteiger partial charge in [-0.15, -0.1) is 0 Å². The molecule has 1 aromatic carbocycles. The maximum absolute atomic E-state index is 11.9. The van der Waals surface area contributed by atoms with E-state index in [1.807, 2.05) is 12.1 Å². The summed E-state index contributed by atoms with van der Waals surface area (Å²) in [7, 11) is 0. The molecule has 0 aliphatic carbocycles. The highest BCUT2D eigenvalue weighted by molar-refractivity contribution is 6.30. The van der Waals surface area contributed by atoms with E-state index in [2.05, 4.69) is 10.3 Å². The third-order valence-electron chi connectivity index (χ3n) is 4.36. The molecule has 0 saturated carbocycles. The molecule has 0 spiro atoms. The summed E-state index contributed by atoms with van der Waals surface area (Å²) in [6.45, 7) is 2.72. The standard InChI is InChI=1S/C20H25ClN2O4/c21-16-6-4-15(5-7-16)18-13-23-20(27-18)9-8-19(24)22-10-2-11-25-14-17-3-1-12-26-17/h4-7,13,17H,1-3,8-12,14H2,(H,22,24). The van der Waals surface area contributed by atoms with Crippen molar-refractivity contribution >= 4 is 17.5 Å². The van der Waals surface area contributed by atoms with Crippen LogP contribution in [0, 0.1) is 0 Å². The predicted molar refractivity (Wildman–Crippen MR) is 103 cm³/mol. The Bertz CT molecular complexity index is 711. The first-order valence-electron chi connectivity index (χ1n) is 9.37. The molecule has 1 saturated heterocycles. The molecule has 1 N–H and O–H groups in total. The van der Waals surface area contributed by atoms with Crippen LogP contribution in [0.5, 0.6) is 0 Å². The molecule has 27 heavy (non-hydrogen) atoms. The molecule has 1 amide bonds. The lowest BCUT2D eigenvalue weighted by Gasteiger charge is -2.10. The fraction of sp³-hybridized carbons (Fsp3) is 0.500. The Balaban J connectivity index is 1.28. The molecule has 1 atom stereocenters. The van der Waals surface area contributed by atoms with Crippen molar-refractivity contribution in [3.8, 4) is 11.3 Å². The molecule has 3 rings (SSSR count). The van der Waals surface area contributed by atoms with Gasteiger partial charge in [0.05, 0.1) is 18.9 Å². The number of nitrogens with one attached hydrogen (secondary N) is 1. The second-order valence-electron chi connectivity index (χ2n) is 6.54. The molecule has 6 nitrogen and oxygen atoms in total. The molecule has 146 valence electrons. The second-order valence-corrected chi connectivity index (χ2v) is 6.98. The fourth-order valence-electron chi connectivity index (χ4n) is 2.87. The lowest BCUT2D eigenvalue weighted by Crippen LogP contribution is -2.26. The summed E-state index contributed by atoms with van der Waals surface area (Å²) in [6.07, 6.45) is 5.72. The number of nitrogens with zero attached hydrogens (tertiary/aromatic N) is 1. The fourth-order valence-corrected chi connectivity index (χ4v) is 3.00. The van der Waals surface area contributed by atoms with E-state index >= 15 is 0 Å². The summed E-state index contributed by atoms with van der Waals surface area (Å²) in [5, 5.41) is 3.57. The highest BCUT2D eigenvalue weighted by Crippen LogP contribution is 2.22. The summed E-state index contributed by atoms with van der Waals surface area (Å²) >= 11 is 5.88. The molecule has 1 aliphatic heterocycles. The highest BCUT2D eigenvalue weighted by Gasteiger charge is 2.15. The van der Waals surface area contributed by atoms with Gasteiger partial charge < -0.3 is 19.2 Å². The van der Waals surface area contributed by atoms with Crippen molar-refractivity contribution in [2.45, 2.75) is 38.2 Å². The van der Waals surface area contributed by atoms with Crippen LogP contribution in [0.25, 0.3) is 11.3 Å². The van der Waals surface area contributed by atoms with Crippen LogP contribution in [0.4, 0.5) is 0 Å². The van der Waals surface area contributed by atoms with E-state index in [1.165, 1.54) is 0 Å². The minimum absolute atomic E-state index is 0.0135. The molecule has 1 aromatic heterocycles. The van der Waals surface area contributed by atoms with E-state index in [0.717, 1.165) is 31.4 Å². The normalized spacial score (nSPS) is 16.6. The SMILES string of the molecule is O=C(CCc1ncc(-c2ccc(Cl)cc2)o1)NCCCOCC1CCCO1. The number of hydrogen-bond acceptors (Lipinski definition) is 5. The van der Waals surface area contributed by atoms with E-state index in [0.29, 0.717) is 49.3 Å². The molecule has 0 radical (unpaired) electrons. The van der Waals surface area contributed by atoms with Gasteiger partial charge in [-0.25, -0.2) is 4.98 Å². The minimum Gasteiger partial charge on any atom is -0.441 e. The Labute approximate surface area is 164 Å². The largest absolute Gasteiger partial charge is 0.441 e. The number of oxazole rings is 1. The zero-order valence-electron chi connectivity index (χ0n) is 15.3. The number of hydrogen-bond donors (Lipinski definition) is 1. The van der Waals surface area contributed by atoms with Crippen molar-refractivity contribution in [1.82, 2.24) is 10.3 Å². The summed E-state index contributed by atoms with van der Waals surface area (Å²) < 4.78 is 16.8. The molecule has 0 bridgehead atoms. The number of aromatic nitrogens is 1. The number of benzene rings is 1. The van der Waals surface area contributed by atoms with E-state index in [9.17, 15) is 4.79 Å². The zero-order chi connectivity index (χ0) is 18.9. The molecule has 2 aromatic rings. The van der Waals surface area contributed by atoms with Gasteiger partial charge in [0.25, 0.3) is 0 Å². The van der Waals surface area contributed by atoms with Crippen LogP contribution in [0.2, 0.25) is 5.02 Å². The van der Waals surface area contributed by atoms with E-state index in [1.54, 1.807) is 18.3 Å². The van der Waals surface area contributed by atoms with Crippen LogP contribution in [-0.4, -0.2) is 43.4 Å². The molecule has 1 aliphatic rings. The number of aryl methyl sites for hydroxylation is 1. The number of halogens is 1. The molecular formula is C20H25ClN2O4. The van der Waals surface area contributed by atoms with E-state index < -0.39 is 0 Å². The Hall–Kier alpha value is -1.89. The van der Waals surface area contributed by atoms with E-state index in [4.69, 9.17) is 25.5 Å². The zero-order valence-corrected chi connectivity index (χ0v) is 16.0. The maximum atomic E-state index is 11.9. The first-order chi connectivity index (χ1) is 13.2. The number of carbonyl (C=O) groups excluding carboxylic acids is 1. The quantitative estimate of drug-likeness (QED) is 0.625. The highest BCUT2D eigenvalue weighted by atomic mass is 35.5. The van der Waals surface area contributed by atoms with Crippen molar-refractivity contribution in [2.75, 3.05) is 26.4 Å². The Morgan fingerprint density at radius 3 is 2.96 bits per heavy atom. The summed E-state index contributed by atoms with van der Waals surface area (Å²) in [5.41, 5.74) is 0.908. The van der Waals surface area contributed by atoms with Gasteiger partial charge in [-0.05, 0) is 43.5 Å². The van der Waals surface area contributed by atoms with Crippen LogP contribution in [-0.2, 0) is 20.7 Å². The predicted octanol–water partition coefficient (Wildman–Crippen LogP) is 3.63. The molecule has 7 heteroatoms. The van der Waals surface area contributed by atoms with Gasteiger partial charge in [-0.3, -0.25) is 4.79 Å². The number of ether oxygens (including phenoxy) is 2. The van der Waals surface area contributed by atoms with Gasteiger partial charge in [0, 0.05) is 43.2 Å². The average Bonchev–Trinajstić information content (AvgIpc) is 3.35. The van der Waals surface area contributed by atoms with Crippen molar-refractivity contribution in [3.63, 3.8) is 0 Å². The van der Waals surface area contributed by atoms with Crippen LogP contribution in [0.1, 0.15) is 31.6 Å². The first kappa shape index (κ1) is 19.9. The summed E-state index contributed by atoms with van der Waals surface area (Å²) in [6, 6.07) is 7.36. The third kappa shape index (κ3) is 6.65. The minimum atomic E-state index is -0.0135. The van der Waals surface area contributed by atoms with Crippen LogP contribution in [0.3, 0.4) is 0 Å².